The third kappa shape index (κ3) is 3.12. The molecule has 0 amide bonds. The Labute approximate surface area is 108 Å². The van der Waals surface area contributed by atoms with E-state index < -0.39 is 0 Å². The van der Waals surface area contributed by atoms with Crippen LogP contribution in [-0.4, -0.2) is 0 Å². The monoisotopic (exact) mass is 239 g/mol. The van der Waals surface area contributed by atoms with Crippen molar-refractivity contribution in [3.8, 4) is 12.1 Å². The molecule has 0 heterocycles. The van der Waals surface area contributed by atoms with Gasteiger partial charge in [-0.25, -0.2) is 0 Å². The fraction of sp³-hybridized carbons (Fsp3) is 0.333. The van der Waals surface area contributed by atoms with Crippen LogP contribution >= 0.6 is 0 Å². The van der Waals surface area contributed by atoms with E-state index in [1.165, 1.54) is 22.9 Å². The summed E-state index contributed by atoms with van der Waals surface area (Å²) in [7, 11) is 0. The molecule has 0 radical (unpaired) electrons. The summed E-state index contributed by atoms with van der Waals surface area (Å²) in [5.41, 5.74) is 4.75. The van der Waals surface area contributed by atoms with Crippen LogP contribution in [0.2, 0.25) is 0 Å². The molecule has 0 aliphatic carbocycles. The van der Waals surface area contributed by atoms with Gasteiger partial charge in [-0.1, -0.05) is 31.5 Å². The SMILES string of the molecule is CCc1cc(C)cc(CC)c1NC=C(C#N)C#N. The minimum absolute atomic E-state index is 0.0830. The predicted octanol–water partition coefficient (Wildman–Crippen LogP) is 3.46. The molecule has 1 aromatic carbocycles. The van der Waals surface area contributed by atoms with E-state index in [-0.39, 0.29) is 5.57 Å². The zero-order valence-corrected chi connectivity index (χ0v) is 11.0. The molecule has 0 unspecified atom stereocenters. The van der Waals surface area contributed by atoms with Crippen LogP contribution in [0.3, 0.4) is 0 Å². The minimum Gasteiger partial charge on any atom is -0.359 e. The highest BCUT2D eigenvalue weighted by molar-refractivity contribution is 5.61. The molecule has 0 atom stereocenters. The number of benzene rings is 1. The van der Waals surface area contributed by atoms with E-state index in [0.717, 1.165) is 18.5 Å². The van der Waals surface area contributed by atoms with Gasteiger partial charge >= 0.3 is 0 Å². The van der Waals surface area contributed by atoms with E-state index in [4.69, 9.17) is 10.5 Å². The Morgan fingerprint density at radius 1 is 1.17 bits per heavy atom. The van der Waals surface area contributed by atoms with Gasteiger partial charge in [0.15, 0.2) is 0 Å². The molecule has 18 heavy (non-hydrogen) atoms. The standard InChI is InChI=1S/C15H17N3/c1-4-13-6-11(3)7-14(5-2)15(13)18-10-12(8-16)9-17/h6-7,10,18H,4-5H2,1-3H3. The van der Waals surface area contributed by atoms with Crippen molar-refractivity contribution in [3.63, 3.8) is 0 Å². The van der Waals surface area contributed by atoms with Crippen molar-refractivity contribution in [1.82, 2.24) is 0 Å². The number of hydrogen-bond donors (Lipinski definition) is 1. The van der Waals surface area contributed by atoms with Crippen molar-refractivity contribution >= 4 is 5.69 Å². The second kappa shape index (κ2) is 6.47. The van der Waals surface area contributed by atoms with E-state index >= 15 is 0 Å². The first-order valence-electron chi connectivity index (χ1n) is 6.05. The Morgan fingerprint density at radius 3 is 2.06 bits per heavy atom. The van der Waals surface area contributed by atoms with E-state index in [9.17, 15) is 0 Å². The normalized spacial score (nSPS) is 9.17. The number of nitriles is 2. The van der Waals surface area contributed by atoms with Crippen LogP contribution in [0.5, 0.6) is 0 Å². The zero-order valence-electron chi connectivity index (χ0n) is 11.0. The van der Waals surface area contributed by atoms with Gasteiger partial charge in [0, 0.05) is 11.9 Å². The smallest absolute Gasteiger partial charge is 0.145 e. The van der Waals surface area contributed by atoms with Crippen LogP contribution in [-0.2, 0) is 12.8 Å². The van der Waals surface area contributed by atoms with E-state index in [0.29, 0.717) is 0 Å². The summed E-state index contributed by atoms with van der Waals surface area (Å²) in [6, 6.07) is 7.96. The van der Waals surface area contributed by atoms with Crippen molar-refractivity contribution < 1.29 is 0 Å². The quantitative estimate of drug-likeness (QED) is 0.818. The molecule has 0 aliphatic heterocycles. The molecule has 0 bridgehead atoms. The number of allylic oxidation sites excluding steroid dienone is 1. The van der Waals surface area contributed by atoms with Crippen molar-refractivity contribution in [1.29, 1.82) is 10.5 Å². The molecular formula is C15H17N3. The number of hydrogen-bond acceptors (Lipinski definition) is 3. The first kappa shape index (κ1) is 13.8. The summed E-state index contributed by atoms with van der Waals surface area (Å²) in [5, 5.41) is 20.5. The van der Waals surface area contributed by atoms with Gasteiger partial charge < -0.3 is 5.32 Å². The largest absolute Gasteiger partial charge is 0.359 e. The van der Waals surface area contributed by atoms with Gasteiger partial charge in [-0.15, -0.1) is 0 Å². The van der Waals surface area contributed by atoms with Gasteiger partial charge in [0.25, 0.3) is 0 Å². The van der Waals surface area contributed by atoms with Crippen molar-refractivity contribution in [2.45, 2.75) is 33.6 Å². The van der Waals surface area contributed by atoms with E-state index in [2.05, 4.69) is 38.2 Å². The average Bonchev–Trinajstić information content (AvgIpc) is 2.40. The number of aryl methyl sites for hydroxylation is 3. The fourth-order valence-corrected chi connectivity index (χ4v) is 1.92. The fourth-order valence-electron chi connectivity index (χ4n) is 1.92. The molecule has 3 heteroatoms. The maximum Gasteiger partial charge on any atom is 0.145 e. The van der Waals surface area contributed by atoms with Gasteiger partial charge in [-0.05, 0) is 30.9 Å². The van der Waals surface area contributed by atoms with E-state index in [1.54, 1.807) is 0 Å². The van der Waals surface area contributed by atoms with Crippen LogP contribution < -0.4 is 5.32 Å². The highest BCUT2D eigenvalue weighted by Gasteiger charge is 2.06. The summed E-state index contributed by atoms with van der Waals surface area (Å²) >= 11 is 0. The molecule has 1 N–H and O–H groups in total. The Bertz CT molecular complexity index is 501. The van der Waals surface area contributed by atoms with Crippen molar-refractivity contribution in [2.75, 3.05) is 5.32 Å². The van der Waals surface area contributed by atoms with E-state index in [1.807, 2.05) is 12.1 Å². The molecule has 0 spiro atoms. The first-order valence-corrected chi connectivity index (χ1v) is 6.05. The van der Waals surface area contributed by atoms with Crippen LogP contribution in [0.4, 0.5) is 5.69 Å². The maximum absolute atomic E-state index is 8.72. The van der Waals surface area contributed by atoms with Crippen LogP contribution in [0.1, 0.15) is 30.5 Å². The Hall–Kier alpha value is -2.26. The van der Waals surface area contributed by atoms with Crippen LogP contribution in [0.15, 0.2) is 23.9 Å². The number of rotatable bonds is 4. The molecule has 0 aromatic heterocycles. The second-order valence-electron chi connectivity index (χ2n) is 4.09. The van der Waals surface area contributed by atoms with Gasteiger partial charge in [0.1, 0.15) is 17.7 Å². The van der Waals surface area contributed by atoms with Gasteiger partial charge in [0.05, 0.1) is 0 Å². The van der Waals surface area contributed by atoms with Crippen LogP contribution in [0.25, 0.3) is 0 Å². The molecule has 0 aliphatic rings. The highest BCUT2D eigenvalue weighted by Crippen LogP contribution is 2.24. The molecule has 0 saturated carbocycles. The third-order valence-corrected chi connectivity index (χ3v) is 2.81. The van der Waals surface area contributed by atoms with Crippen molar-refractivity contribution in [3.05, 3.63) is 40.6 Å². The van der Waals surface area contributed by atoms with Gasteiger partial charge in [-0.3, -0.25) is 0 Å². The number of nitrogens with one attached hydrogen (secondary N) is 1. The molecular weight excluding hydrogens is 222 g/mol. The molecule has 3 nitrogen and oxygen atoms in total. The second-order valence-corrected chi connectivity index (χ2v) is 4.09. The molecule has 1 rings (SSSR count). The lowest BCUT2D eigenvalue weighted by atomic mass is 10.00. The summed E-state index contributed by atoms with van der Waals surface area (Å²) < 4.78 is 0. The van der Waals surface area contributed by atoms with Gasteiger partial charge in [-0.2, -0.15) is 10.5 Å². The number of anilines is 1. The summed E-state index contributed by atoms with van der Waals surface area (Å²) in [6.45, 7) is 6.27. The first-order chi connectivity index (χ1) is 8.65. The lowest BCUT2D eigenvalue weighted by Crippen LogP contribution is -2.01. The maximum atomic E-state index is 8.72. The summed E-state index contributed by atoms with van der Waals surface area (Å²) in [5.74, 6) is 0. The Balaban J connectivity index is 3.19. The van der Waals surface area contributed by atoms with Crippen molar-refractivity contribution in [2.24, 2.45) is 0 Å². The molecule has 1 aromatic rings. The number of nitrogens with zero attached hydrogens (tertiary/aromatic N) is 2. The van der Waals surface area contributed by atoms with Gasteiger partial charge in [0.2, 0.25) is 0 Å². The third-order valence-electron chi connectivity index (χ3n) is 2.81. The van der Waals surface area contributed by atoms with Crippen LogP contribution in [0, 0.1) is 29.6 Å². The summed E-state index contributed by atoms with van der Waals surface area (Å²) in [4.78, 5) is 0. The lowest BCUT2D eigenvalue weighted by Gasteiger charge is -2.14. The topological polar surface area (TPSA) is 59.6 Å². The minimum atomic E-state index is 0.0830. The average molecular weight is 239 g/mol. The molecule has 0 fully saturated rings. The zero-order chi connectivity index (χ0) is 13.5. The predicted molar refractivity (Wildman–Crippen MR) is 72.9 cm³/mol. The highest BCUT2D eigenvalue weighted by atomic mass is 14.8. The Kier molecular flexibility index (Phi) is 4.96. The molecule has 92 valence electrons. The Morgan fingerprint density at radius 2 is 1.67 bits per heavy atom. The molecule has 0 saturated heterocycles. The summed E-state index contributed by atoms with van der Waals surface area (Å²) in [6.07, 6.45) is 3.31. The lowest BCUT2D eigenvalue weighted by molar-refractivity contribution is 1.08.